The number of carbonyl (C=O) groups is 2. The highest BCUT2D eigenvalue weighted by Crippen LogP contribution is 2.23. The monoisotopic (exact) mass is 453 g/mol. The molecule has 2 N–H and O–H groups in total. The SMILES string of the molecule is CCN(CC(=O)NC(C)(C)C)C(=O)CCNS(=O)(=O)c1ccc(OC(F)(F)F)cc1. The maximum Gasteiger partial charge on any atom is 0.573 e. The van der Waals surface area contributed by atoms with Crippen molar-refractivity contribution in [3.05, 3.63) is 24.3 Å². The zero-order valence-electron chi connectivity index (χ0n) is 17.2. The van der Waals surface area contributed by atoms with E-state index in [-0.39, 0.29) is 36.9 Å². The van der Waals surface area contributed by atoms with E-state index < -0.39 is 33.6 Å². The van der Waals surface area contributed by atoms with Gasteiger partial charge in [-0.1, -0.05) is 0 Å². The lowest BCUT2D eigenvalue weighted by atomic mass is 10.1. The van der Waals surface area contributed by atoms with Crippen LogP contribution in [0.2, 0.25) is 0 Å². The minimum Gasteiger partial charge on any atom is -0.406 e. The van der Waals surface area contributed by atoms with Crippen LogP contribution >= 0.6 is 0 Å². The molecule has 0 aromatic heterocycles. The molecular formula is C18H26F3N3O5S. The number of likely N-dealkylation sites (N-methyl/N-ethyl adjacent to an activating group) is 1. The third-order valence-corrected chi connectivity index (χ3v) is 5.06. The zero-order chi connectivity index (χ0) is 23.2. The Kier molecular flexibility index (Phi) is 8.66. The Morgan fingerprint density at radius 3 is 2.13 bits per heavy atom. The lowest BCUT2D eigenvalue weighted by Crippen LogP contribution is -2.47. The van der Waals surface area contributed by atoms with E-state index in [4.69, 9.17) is 0 Å². The van der Waals surface area contributed by atoms with Gasteiger partial charge in [0, 0.05) is 25.0 Å². The molecule has 30 heavy (non-hydrogen) atoms. The fourth-order valence-electron chi connectivity index (χ4n) is 2.36. The van der Waals surface area contributed by atoms with Crippen LogP contribution in [0.5, 0.6) is 5.75 Å². The smallest absolute Gasteiger partial charge is 0.406 e. The number of carbonyl (C=O) groups excluding carboxylic acids is 2. The molecule has 0 bridgehead atoms. The van der Waals surface area contributed by atoms with Crippen molar-refractivity contribution in [3.63, 3.8) is 0 Å². The molecule has 0 saturated carbocycles. The quantitative estimate of drug-likeness (QED) is 0.595. The first kappa shape index (κ1) is 25.7. The highest BCUT2D eigenvalue weighted by molar-refractivity contribution is 7.89. The van der Waals surface area contributed by atoms with Gasteiger partial charge in [0.15, 0.2) is 0 Å². The van der Waals surface area contributed by atoms with Gasteiger partial charge in [0.25, 0.3) is 0 Å². The first-order chi connectivity index (χ1) is 13.6. The van der Waals surface area contributed by atoms with Crippen LogP contribution in [0.4, 0.5) is 13.2 Å². The summed E-state index contributed by atoms with van der Waals surface area (Å²) in [7, 11) is -4.03. The van der Waals surface area contributed by atoms with Gasteiger partial charge in [0.1, 0.15) is 5.75 Å². The molecule has 1 aromatic rings. The molecule has 0 unspecified atom stereocenters. The highest BCUT2D eigenvalue weighted by Gasteiger charge is 2.31. The van der Waals surface area contributed by atoms with E-state index in [2.05, 4.69) is 14.8 Å². The molecule has 0 spiro atoms. The number of benzene rings is 1. The minimum atomic E-state index is -4.88. The molecule has 12 heteroatoms. The Bertz CT molecular complexity index is 834. The fraction of sp³-hybridized carbons (Fsp3) is 0.556. The molecule has 1 aromatic carbocycles. The molecule has 0 aliphatic rings. The van der Waals surface area contributed by atoms with Crippen molar-refractivity contribution in [1.29, 1.82) is 0 Å². The summed E-state index contributed by atoms with van der Waals surface area (Å²) >= 11 is 0. The molecule has 170 valence electrons. The van der Waals surface area contributed by atoms with E-state index in [1.54, 1.807) is 27.7 Å². The maximum absolute atomic E-state index is 12.3. The summed E-state index contributed by atoms with van der Waals surface area (Å²) in [4.78, 5) is 25.2. The molecule has 2 amide bonds. The number of sulfonamides is 1. The van der Waals surface area contributed by atoms with Gasteiger partial charge in [-0.15, -0.1) is 13.2 Å². The van der Waals surface area contributed by atoms with E-state index in [0.717, 1.165) is 24.3 Å². The van der Waals surface area contributed by atoms with Gasteiger partial charge in [0.2, 0.25) is 21.8 Å². The van der Waals surface area contributed by atoms with Gasteiger partial charge >= 0.3 is 6.36 Å². The first-order valence-corrected chi connectivity index (χ1v) is 10.6. The van der Waals surface area contributed by atoms with Gasteiger partial charge in [0.05, 0.1) is 11.4 Å². The summed E-state index contributed by atoms with van der Waals surface area (Å²) in [5, 5.41) is 2.73. The normalized spacial score (nSPS) is 12.4. The minimum absolute atomic E-state index is 0.153. The van der Waals surface area contributed by atoms with E-state index in [1.807, 2.05) is 0 Å². The van der Waals surface area contributed by atoms with Crippen molar-refractivity contribution in [3.8, 4) is 5.75 Å². The second-order valence-corrected chi connectivity index (χ2v) is 9.14. The van der Waals surface area contributed by atoms with Crippen molar-refractivity contribution in [2.24, 2.45) is 0 Å². The molecular weight excluding hydrogens is 427 g/mol. The van der Waals surface area contributed by atoms with Crippen molar-refractivity contribution in [1.82, 2.24) is 14.9 Å². The van der Waals surface area contributed by atoms with Crippen molar-refractivity contribution in [2.45, 2.75) is 50.9 Å². The van der Waals surface area contributed by atoms with Crippen molar-refractivity contribution >= 4 is 21.8 Å². The largest absolute Gasteiger partial charge is 0.573 e. The average molecular weight is 453 g/mol. The molecule has 0 saturated heterocycles. The molecule has 8 nitrogen and oxygen atoms in total. The van der Waals surface area contributed by atoms with E-state index in [1.165, 1.54) is 4.90 Å². The van der Waals surface area contributed by atoms with Crippen LogP contribution in [0, 0.1) is 0 Å². The second kappa shape index (κ2) is 10.1. The predicted octanol–water partition coefficient (Wildman–Crippen LogP) is 2.02. The van der Waals surface area contributed by atoms with Crippen LogP contribution in [0.1, 0.15) is 34.1 Å². The molecule has 0 radical (unpaired) electrons. The van der Waals surface area contributed by atoms with E-state index in [0.29, 0.717) is 0 Å². The summed E-state index contributed by atoms with van der Waals surface area (Å²) in [5.74, 6) is -1.30. The van der Waals surface area contributed by atoms with Crippen LogP contribution in [0.3, 0.4) is 0 Å². The maximum atomic E-state index is 12.3. The number of ether oxygens (including phenoxy) is 1. The summed E-state index contributed by atoms with van der Waals surface area (Å²) in [6, 6.07) is 3.67. The van der Waals surface area contributed by atoms with Gasteiger partial charge in [-0.2, -0.15) is 0 Å². The predicted molar refractivity (Wildman–Crippen MR) is 103 cm³/mol. The van der Waals surface area contributed by atoms with Gasteiger partial charge in [-0.3, -0.25) is 9.59 Å². The number of nitrogens with one attached hydrogen (secondary N) is 2. The number of halogens is 3. The fourth-order valence-corrected chi connectivity index (χ4v) is 3.39. The number of alkyl halides is 3. The van der Waals surface area contributed by atoms with Crippen LogP contribution in [-0.4, -0.2) is 56.7 Å². The summed E-state index contributed by atoms with van der Waals surface area (Å²) < 4.78 is 66.8. The molecule has 0 fully saturated rings. The van der Waals surface area contributed by atoms with Crippen LogP contribution < -0.4 is 14.8 Å². The third kappa shape index (κ3) is 9.44. The van der Waals surface area contributed by atoms with E-state index >= 15 is 0 Å². The van der Waals surface area contributed by atoms with Crippen LogP contribution in [0.15, 0.2) is 29.2 Å². The lowest BCUT2D eigenvalue weighted by molar-refractivity contribution is -0.274. The Balaban J connectivity index is 2.61. The summed E-state index contributed by atoms with van der Waals surface area (Å²) in [6.45, 7) is 6.99. The Morgan fingerprint density at radius 1 is 1.10 bits per heavy atom. The number of hydrogen-bond acceptors (Lipinski definition) is 5. The third-order valence-electron chi connectivity index (χ3n) is 3.58. The van der Waals surface area contributed by atoms with Crippen molar-refractivity contribution < 1.29 is 35.9 Å². The molecule has 0 aliphatic heterocycles. The number of nitrogens with zero attached hydrogens (tertiary/aromatic N) is 1. The standard InChI is InChI=1S/C18H26F3N3O5S/c1-5-24(12-15(25)23-17(2,3)4)16(26)10-11-22-30(27,28)14-8-6-13(7-9-14)29-18(19,20)21/h6-9,22H,5,10-12H2,1-4H3,(H,23,25). The Hall–Kier alpha value is -2.34. The molecule has 0 aliphatic carbocycles. The van der Waals surface area contributed by atoms with Gasteiger partial charge in [-0.25, -0.2) is 13.1 Å². The lowest BCUT2D eigenvalue weighted by Gasteiger charge is -2.25. The molecule has 0 atom stereocenters. The number of amides is 2. The van der Waals surface area contributed by atoms with Gasteiger partial charge in [-0.05, 0) is 52.0 Å². The van der Waals surface area contributed by atoms with E-state index in [9.17, 15) is 31.2 Å². The van der Waals surface area contributed by atoms with Crippen LogP contribution in [-0.2, 0) is 19.6 Å². The summed E-state index contributed by atoms with van der Waals surface area (Å²) in [6.07, 6.45) is -5.07. The first-order valence-electron chi connectivity index (χ1n) is 9.07. The average Bonchev–Trinajstić information content (AvgIpc) is 2.56. The summed E-state index contributed by atoms with van der Waals surface area (Å²) in [5.41, 5.74) is -0.449. The highest BCUT2D eigenvalue weighted by atomic mass is 32.2. The molecule has 0 heterocycles. The Labute approximate surface area is 173 Å². The second-order valence-electron chi connectivity index (χ2n) is 7.37. The van der Waals surface area contributed by atoms with Crippen molar-refractivity contribution in [2.75, 3.05) is 19.6 Å². The zero-order valence-corrected chi connectivity index (χ0v) is 18.0. The topological polar surface area (TPSA) is 105 Å². The Morgan fingerprint density at radius 2 is 1.67 bits per heavy atom. The van der Waals surface area contributed by atoms with Crippen LogP contribution in [0.25, 0.3) is 0 Å². The molecule has 1 rings (SSSR count). The number of rotatable bonds is 9. The van der Waals surface area contributed by atoms with Gasteiger partial charge < -0.3 is 15.0 Å². The number of hydrogen-bond donors (Lipinski definition) is 2.